The molecule has 0 spiro atoms. The molecule has 0 radical (unpaired) electrons. The van der Waals surface area contributed by atoms with Crippen LogP contribution in [0.5, 0.6) is 5.75 Å². The molecule has 34 heavy (non-hydrogen) atoms. The zero-order valence-corrected chi connectivity index (χ0v) is 18.0. The van der Waals surface area contributed by atoms with E-state index in [4.69, 9.17) is 0 Å². The maximum Gasteiger partial charge on any atom is 0.573 e. The molecule has 184 valence electrons. The summed E-state index contributed by atoms with van der Waals surface area (Å²) in [4.78, 5) is 28.0. The van der Waals surface area contributed by atoms with E-state index in [0.717, 1.165) is 17.7 Å². The molecular formula is C22H23F5N4O3. The van der Waals surface area contributed by atoms with Crippen LogP contribution in [0.1, 0.15) is 5.56 Å². The normalized spacial score (nSPS) is 15.1. The topological polar surface area (TPSA) is 73.9 Å². The fourth-order valence-electron chi connectivity index (χ4n) is 3.38. The molecule has 2 aromatic carbocycles. The second-order valence-electron chi connectivity index (χ2n) is 7.70. The number of carbonyl (C=O) groups is 2. The highest BCUT2D eigenvalue weighted by molar-refractivity contribution is 5.94. The van der Waals surface area contributed by atoms with Gasteiger partial charge in [0.05, 0.1) is 13.1 Å². The van der Waals surface area contributed by atoms with Crippen molar-refractivity contribution in [2.24, 2.45) is 0 Å². The van der Waals surface area contributed by atoms with Crippen molar-refractivity contribution in [3.05, 3.63) is 59.7 Å². The quantitative estimate of drug-likeness (QED) is 0.562. The molecular weight excluding hydrogens is 463 g/mol. The van der Waals surface area contributed by atoms with Crippen molar-refractivity contribution < 1.29 is 36.3 Å². The summed E-state index contributed by atoms with van der Waals surface area (Å²) in [6, 6.07) is 8.64. The molecule has 3 rings (SSSR count). The van der Waals surface area contributed by atoms with Crippen molar-refractivity contribution in [1.82, 2.24) is 15.1 Å². The summed E-state index contributed by atoms with van der Waals surface area (Å²) in [5.74, 6) is -3.32. The number of amides is 2. The fourth-order valence-corrected chi connectivity index (χ4v) is 3.38. The summed E-state index contributed by atoms with van der Waals surface area (Å²) >= 11 is 0. The van der Waals surface area contributed by atoms with Crippen molar-refractivity contribution in [1.29, 1.82) is 0 Å². The lowest BCUT2D eigenvalue weighted by atomic mass is 10.2. The average molecular weight is 486 g/mol. The molecule has 2 aromatic rings. The van der Waals surface area contributed by atoms with Crippen LogP contribution in [0, 0.1) is 11.6 Å². The van der Waals surface area contributed by atoms with Gasteiger partial charge in [-0.3, -0.25) is 19.4 Å². The SMILES string of the molecule is O=C(CN1CCN(Cc2ccc(OC(F)(F)F)cc2)CC1)NCC(=O)Nc1ccc(F)c(F)c1. The molecule has 0 atom stereocenters. The standard InChI is InChI=1S/C22H23F5N4O3/c23-18-6-3-16(11-19(18)24)29-20(32)12-28-21(33)14-31-9-7-30(8-10-31)13-15-1-4-17(5-2-15)34-22(25,26)27/h1-6,11H,7-10,12-14H2,(H,28,33)(H,29,32). The Hall–Kier alpha value is -3.25. The molecule has 1 aliphatic heterocycles. The number of piperazine rings is 1. The van der Waals surface area contributed by atoms with Gasteiger partial charge in [-0.25, -0.2) is 8.78 Å². The third-order valence-corrected chi connectivity index (χ3v) is 5.04. The van der Waals surface area contributed by atoms with Crippen molar-refractivity contribution in [3.8, 4) is 5.75 Å². The van der Waals surface area contributed by atoms with Gasteiger partial charge in [-0.1, -0.05) is 12.1 Å². The van der Waals surface area contributed by atoms with Crippen LogP contribution in [0.2, 0.25) is 0 Å². The molecule has 1 aliphatic rings. The molecule has 0 aromatic heterocycles. The predicted molar refractivity (Wildman–Crippen MR) is 113 cm³/mol. The van der Waals surface area contributed by atoms with E-state index in [-0.39, 0.29) is 30.4 Å². The van der Waals surface area contributed by atoms with Crippen LogP contribution in [0.25, 0.3) is 0 Å². The molecule has 1 saturated heterocycles. The van der Waals surface area contributed by atoms with Gasteiger partial charge in [0.2, 0.25) is 11.8 Å². The molecule has 0 saturated carbocycles. The maximum absolute atomic E-state index is 13.2. The maximum atomic E-state index is 13.2. The van der Waals surface area contributed by atoms with Crippen molar-refractivity contribution in [2.45, 2.75) is 12.9 Å². The number of hydrogen-bond donors (Lipinski definition) is 2. The first-order chi connectivity index (χ1) is 16.1. The molecule has 2 N–H and O–H groups in total. The number of rotatable bonds is 8. The first kappa shape index (κ1) is 25.4. The Bertz CT molecular complexity index is 993. The first-order valence-corrected chi connectivity index (χ1v) is 10.4. The molecule has 0 unspecified atom stereocenters. The number of nitrogens with zero attached hydrogens (tertiary/aromatic N) is 2. The highest BCUT2D eigenvalue weighted by Gasteiger charge is 2.31. The molecule has 12 heteroatoms. The Kier molecular flexibility index (Phi) is 8.40. The zero-order chi connectivity index (χ0) is 24.7. The van der Waals surface area contributed by atoms with E-state index in [2.05, 4.69) is 20.3 Å². The summed E-state index contributed by atoms with van der Waals surface area (Å²) in [5, 5.41) is 4.85. The van der Waals surface area contributed by atoms with E-state index in [1.54, 1.807) is 12.1 Å². The lowest BCUT2D eigenvalue weighted by Crippen LogP contribution is -2.49. The highest BCUT2D eigenvalue weighted by atomic mass is 19.4. The summed E-state index contributed by atoms with van der Waals surface area (Å²) in [5.41, 5.74) is 0.921. The van der Waals surface area contributed by atoms with Crippen molar-refractivity contribution >= 4 is 17.5 Å². The molecule has 1 fully saturated rings. The molecule has 1 heterocycles. The fraction of sp³-hybridized carbons (Fsp3) is 0.364. The Labute approximate surface area is 192 Å². The lowest BCUT2D eigenvalue weighted by Gasteiger charge is -2.34. The Morgan fingerprint density at radius 2 is 1.53 bits per heavy atom. The van der Waals surface area contributed by atoms with Gasteiger partial charge >= 0.3 is 6.36 Å². The Morgan fingerprint density at radius 1 is 0.882 bits per heavy atom. The van der Waals surface area contributed by atoms with E-state index in [9.17, 15) is 31.5 Å². The van der Waals surface area contributed by atoms with Crippen LogP contribution in [0.3, 0.4) is 0 Å². The second-order valence-corrected chi connectivity index (χ2v) is 7.70. The van der Waals surface area contributed by atoms with E-state index in [0.29, 0.717) is 32.7 Å². The number of hydrogen-bond acceptors (Lipinski definition) is 5. The van der Waals surface area contributed by atoms with Gasteiger partial charge in [0.25, 0.3) is 0 Å². The largest absolute Gasteiger partial charge is 0.573 e. The Morgan fingerprint density at radius 3 is 2.15 bits per heavy atom. The predicted octanol–water partition coefficient (Wildman–Crippen LogP) is 2.74. The summed E-state index contributed by atoms with van der Waals surface area (Å²) < 4.78 is 66.7. The summed E-state index contributed by atoms with van der Waals surface area (Å²) in [6.45, 7) is 2.85. The van der Waals surface area contributed by atoms with Crippen LogP contribution in [-0.4, -0.2) is 67.2 Å². The smallest absolute Gasteiger partial charge is 0.406 e. The first-order valence-electron chi connectivity index (χ1n) is 10.4. The third-order valence-electron chi connectivity index (χ3n) is 5.04. The van der Waals surface area contributed by atoms with Crippen LogP contribution in [-0.2, 0) is 16.1 Å². The van der Waals surface area contributed by atoms with Crippen molar-refractivity contribution in [3.63, 3.8) is 0 Å². The number of benzene rings is 2. The number of carbonyl (C=O) groups excluding carboxylic acids is 2. The van der Waals surface area contributed by atoms with Crippen LogP contribution < -0.4 is 15.4 Å². The minimum absolute atomic E-state index is 0.0804. The second kappa shape index (κ2) is 11.3. The third kappa shape index (κ3) is 8.27. The average Bonchev–Trinajstić information content (AvgIpc) is 2.77. The van der Waals surface area contributed by atoms with Gasteiger partial charge in [0, 0.05) is 44.5 Å². The van der Waals surface area contributed by atoms with Crippen LogP contribution in [0.4, 0.5) is 27.6 Å². The molecule has 2 amide bonds. The Balaban J connectivity index is 1.34. The van der Waals surface area contributed by atoms with E-state index >= 15 is 0 Å². The van der Waals surface area contributed by atoms with Crippen LogP contribution in [0.15, 0.2) is 42.5 Å². The number of ether oxygens (including phenoxy) is 1. The molecule has 0 aliphatic carbocycles. The van der Waals surface area contributed by atoms with Gasteiger partial charge in [0.15, 0.2) is 11.6 Å². The monoisotopic (exact) mass is 486 g/mol. The summed E-state index contributed by atoms with van der Waals surface area (Å²) in [6.07, 6.45) is -4.73. The van der Waals surface area contributed by atoms with Gasteiger partial charge in [-0.15, -0.1) is 13.2 Å². The molecule has 7 nitrogen and oxygen atoms in total. The molecule has 0 bridgehead atoms. The summed E-state index contributed by atoms with van der Waals surface area (Å²) in [7, 11) is 0. The minimum Gasteiger partial charge on any atom is -0.406 e. The minimum atomic E-state index is -4.73. The lowest BCUT2D eigenvalue weighted by molar-refractivity contribution is -0.274. The number of alkyl halides is 3. The van der Waals surface area contributed by atoms with Crippen LogP contribution >= 0.6 is 0 Å². The van der Waals surface area contributed by atoms with Gasteiger partial charge in [-0.05, 0) is 29.8 Å². The van der Waals surface area contributed by atoms with Gasteiger partial charge < -0.3 is 15.4 Å². The number of nitrogens with one attached hydrogen (secondary N) is 2. The van der Waals surface area contributed by atoms with E-state index in [1.165, 1.54) is 18.2 Å². The van der Waals surface area contributed by atoms with E-state index in [1.807, 2.05) is 4.90 Å². The highest BCUT2D eigenvalue weighted by Crippen LogP contribution is 2.23. The van der Waals surface area contributed by atoms with E-state index < -0.39 is 23.9 Å². The van der Waals surface area contributed by atoms with Crippen molar-refractivity contribution in [2.75, 3.05) is 44.6 Å². The van der Waals surface area contributed by atoms with Gasteiger partial charge in [0.1, 0.15) is 5.75 Å². The van der Waals surface area contributed by atoms with Gasteiger partial charge in [-0.2, -0.15) is 0 Å². The number of anilines is 1. The zero-order valence-electron chi connectivity index (χ0n) is 18.0. The number of halogens is 5.